The summed E-state index contributed by atoms with van der Waals surface area (Å²) in [6, 6.07) is 11.2. The van der Waals surface area contributed by atoms with Crippen molar-refractivity contribution in [2.75, 3.05) is 6.61 Å². The molecular weight excluding hydrogens is 497 g/mol. The number of nitrogens with zero attached hydrogens (tertiary/aromatic N) is 1. The lowest BCUT2D eigenvalue weighted by molar-refractivity contribution is -0.124. The first-order valence-electron chi connectivity index (χ1n) is 11.1. The number of hydrogen-bond donors (Lipinski definition) is 0. The maximum atomic E-state index is 13.1. The average molecular weight is 523 g/mol. The van der Waals surface area contributed by atoms with Gasteiger partial charge in [0.05, 0.1) is 11.5 Å². The molecule has 2 aliphatic rings. The van der Waals surface area contributed by atoms with E-state index in [1.165, 1.54) is 18.2 Å². The molecule has 0 radical (unpaired) electrons. The molecule has 1 aliphatic heterocycles. The van der Waals surface area contributed by atoms with E-state index in [2.05, 4.69) is 0 Å². The number of amides is 1. The van der Waals surface area contributed by atoms with E-state index >= 15 is 0 Å². The number of thiocarbonyl (C=S) groups is 1. The van der Waals surface area contributed by atoms with E-state index in [9.17, 15) is 4.79 Å². The summed E-state index contributed by atoms with van der Waals surface area (Å²) < 4.78 is 12.4. The zero-order valence-corrected chi connectivity index (χ0v) is 21.5. The highest BCUT2D eigenvalue weighted by atomic mass is 35.5. The summed E-state index contributed by atoms with van der Waals surface area (Å²) in [6.45, 7) is 2.70. The topological polar surface area (TPSA) is 38.8 Å². The maximum absolute atomic E-state index is 13.1. The highest BCUT2D eigenvalue weighted by Crippen LogP contribution is 2.38. The molecule has 1 saturated heterocycles. The Morgan fingerprint density at radius 2 is 1.88 bits per heavy atom. The molecule has 0 aromatic heterocycles. The van der Waals surface area contributed by atoms with Crippen molar-refractivity contribution in [3.8, 4) is 11.5 Å². The minimum absolute atomic E-state index is 0.00701. The minimum Gasteiger partial charge on any atom is -0.490 e. The third-order valence-electron chi connectivity index (χ3n) is 5.73. The van der Waals surface area contributed by atoms with Gasteiger partial charge in [0.2, 0.25) is 0 Å². The molecule has 4 rings (SSSR count). The lowest BCUT2D eigenvalue weighted by atomic mass is 9.94. The number of halogens is 2. The largest absolute Gasteiger partial charge is 0.490 e. The summed E-state index contributed by atoms with van der Waals surface area (Å²) in [4.78, 5) is 15.6. The summed E-state index contributed by atoms with van der Waals surface area (Å²) >= 11 is 19.1. The molecule has 4 nitrogen and oxygen atoms in total. The second kappa shape index (κ2) is 11.1. The van der Waals surface area contributed by atoms with E-state index < -0.39 is 0 Å². The molecule has 0 unspecified atom stereocenters. The van der Waals surface area contributed by atoms with Crippen molar-refractivity contribution in [3.05, 3.63) is 62.5 Å². The molecule has 1 aliphatic carbocycles. The summed E-state index contributed by atoms with van der Waals surface area (Å²) in [5.41, 5.74) is 1.69. The highest BCUT2D eigenvalue weighted by molar-refractivity contribution is 8.26. The molecule has 2 fully saturated rings. The first-order valence-corrected chi connectivity index (χ1v) is 13.0. The van der Waals surface area contributed by atoms with E-state index in [1.807, 2.05) is 42.2 Å². The molecule has 0 atom stereocenters. The zero-order chi connectivity index (χ0) is 23.4. The van der Waals surface area contributed by atoms with Gasteiger partial charge in [-0.1, -0.05) is 78.6 Å². The van der Waals surface area contributed by atoms with Crippen LogP contribution < -0.4 is 9.47 Å². The van der Waals surface area contributed by atoms with Crippen LogP contribution in [0.4, 0.5) is 0 Å². The molecule has 1 saturated carbocycles. The van der Waals surface area contributed by atoms with E-state index in [0.717, 1.165) is 36.8 Å². The number of ether oxygens (including phenoxy) is 2. The molecule has 33 heavy (non-hydrogen) atoms. The van der Waals surface area contributed by atoms with Gasteiger partial charge >= 0.3 is 0 Å². The molecule has 1 amide bonds. The maximum Gasteiger partial charge on any atom is 0.266 e. The van der Waals surface area contributed by atoms with Crippen LogP contribution in [-0.2, 0) is 11.4 Å². The van der Waals surface area contributed by atoms with Crippen LogP contribution in [0.5, 0.6) is 11.5 Å². The van der Waals surface area contributed by atoms with Crippen LogP contribution in [0.25, 0.3) is 6.08 Å². The van der Waals surface area contributed by atoms with Crippen LogP contribution in [0.2, 0.25) is 10.0 Å². The van der Waals surface area contributed by atoms with Gasteiger partial charge in [-0.15, -0.1) is 0 Å². The Bertz CT molecular complexity index is 1080. The quantitative estimate of drug-likeness (QED) is 0.278. The standard InChI is InChI=1S/C25H25Cl2NO3S2/c1-2-30-22-12-16(8-11-21(22)31-15-17-9-10-18(26)14-20(17)27)13-23-24(29)28(25(32)33-23)19-6-4-3-5-7-19/h8-14,19H,2-7,15H2,1H3/b23-13-. The fourth-order valence-electron chi connectivity index (χ4n) is 4.08. The number of rotatable bonds is 7. The molecule has 8 heteroatoms. The van der Waals surface area contributed by atoms with Crippen LogP contribution in [0.1, 0.15) is 50.2 Å². The Morgan fingerprint density at radius 3 is 2.61 bits per heavy atom. The van der Waals surface area contributed by atoms with Crippen molar-refractivity contribution >= 4 is 63.5 Å². The molecule has 1 heterocycles. The van der Waals surface area contributed by atoms with Gasteiger partial charge in [-0.2, -0.15) is 0 Å². The van der Waals surface area contributed by atoms with Crippen molar-refractivity contribution < 1.29 is 14.3 Å². The monoisotopic (exact) mass is 521 g/mol. The van der Waals surface area contributed by atoms with Crippen LogP contribution in [-0.4, -0.2) is 27.8 Å². The Balaban J connectivity index is 1.51. The number of benzene rings is 2. The number of hydrogen-bond acceptors (Lipinski definition) is 5. The number of thioether (sulfide) groups is 1. The van der Waals surface area contributed by atoms with Gasteiger partial charge in [-0.3, -0.25) is 9.69 Å². The predicted octanol–water partition coefficient (Wildman–Crippen LogP) is 7.51. The van der Waals surface area contributed by atoms with E-state index in [-0.39, 0.29) is 18.6 Å². The number of carbonyl (C=O) groups excluding carboxylic acids is 1. The average Bonchev–Trinajstić information content (AvgIpc) is 3.07. The fraction of sp³-hybridized carbons (Fsp3) is 0.360. The van der Waals surface area contributed by atoms with E-state index in [1.54, 1.807) is 12.1 Å². The lowest BCUT2D eigenvalue weighted by Gasteiger charge is -2.29. The Morgan fingerprint density at radius 1 is 1.09 bits per heavy atom. The van der Waals surface area contributed by atoms with Gasteiger partial charge in [0, 0.05) is 21.7 Å². The zero-order valence-electron chi connectivity index (χ0n) is 18.3. The molecule has 0 N–H and O–H groups in total. The Kier molecular flexibility index (Phi) is 8.23. The molecule has 0 bridgehead atoms. The summed E-state index contributed by atoms with van der Waals surface area (Å²) in [6.07, 6.45) is 7.47. The fourth-order valence-corrected chi connectivity index (χ4v) is 5.94. The van der Waals surface area contributed by atoms with Crippen LogP contribution >= 0.6 is 47.2 Å². The third kappa shape index (κ3) is 5.86. The second-order valence-electron chi connectivity index (χ2n) is 8.01. The van der Waals surface area contributed by atoms with Crippen molar-refractivity contribution in [3.63, 3.8) is 0 Å². The van der Waals surface area contributed by atoms with Gasteiger partial charge in [0.25, 0.3) is 5.91 Å². The van der Waals surface area contributed by atoms with Gasteiger partial charge in [-0.25, -0.2) is 0 Å². The first kappa shape index (κ1) is 24.4. The Hall–Kier alpha value is -1.73. The SMILES string of the molecule is CCOc1cc(/C=C2\SC(=S)N(C3CCCCC3)C2=O)ccc1OCc1ccc(Cl)cc1Cl. The normalized spacial score (nSPS) is 18.3. The smallest absolute Gasteiger partial charge is 0.266 e. The van der Waals surface area contributed by atoms with E-state index in [0.29, 0.717) is 37.4 Å². The molecular formula is C25H25Cl2NO3S2. The van der Waals surface area contributed by atoms with Crippen molar-refractivity contribution in [1.82, 2.24) is 4.90 Å². The summed E-state index contributed by atoms with van der Waals surface area (Å²) in [5.74, 6) is 1.22. The van der Waals surface area contributed by atoms with Crippen molar-refractivity contribution in [2.24, 2.45) is 0 Å². The van der Waals surface area contributed by atoms with Crippen molar-refractivity contribution in [1.29, 1.82) is 0 Å². The molecule has 174 valence electrons. The van der Waals surface area contributed by atoms with Crippen LogP contribution in [0, 0.1) is 0 Å². The van der Waals surface area contributed by atoms with Gasteiger partial charge in [-0.05, 0) is 55.7 Å². The van der Waals surface area contributed by atoms with Crippen LogP contribution in [0.15, 0.2) is 41.3 Å². The summed E-state index contributed by atoms with van der Waals surface area (Å²) in [5, 5.41) is 1.13. The first-order chi connectivity index (χ1) is 16.0. The molecule has 2 aromatic carbocycles. The lowest BCUT2D eigenvalue weighted by Crippen LogP contribution is -2.39. The Labute approximate surface area is 214 Å². The van der Waals surface area contributed by atoms with Gasteiger partial charge < -0.3 is 9.47 Å². The highest BCUT2D eigenvalue weighted by Gasteiger charge is 2.37. The molecule has 2 aromatic rings. The predicted molar refractivity (Wildman–Crippen MR) is 140 cm³/mol. The summed E-state index contributed by atoms with van der Waals surface area (Å²) in [7, 11) is 0. The van der Waals surface area contributed by atoms with Crippen molar-refractivity contribution in [2.45, 2.75) is 51.7 Å². The molecule has 0 spiro atoms. The van der Waals surface area contributed by atoms with Crippen LogP contribution in [0.3, 0.4) is 0 Å². The van der Waals surface area contributed by atoms with E-state index in [4.69, 9.17) is 44.9 Å². The van der Waals surface area contributed by atoms with Gasteiger partial charge in [0.1, 0.15) is 10.9 Å². The third-order valence-corrected chi connectivity index (χ3v) is 7.64. The second-order valence-corrected chi connectivity index (χ2v) is 10.5. The number of carbonyl (C=O) groups is 1. The minimum atomic E-state index is 0.00701. The van der Waals surface area contributed by atoms with Gasteiger partial charge in [0.15, 0.2) is 11.5 Å².